The summed E-state index contributed by atoms with van der Waals surface area (Å²) >= 11 is 0. The Morgan fingerprint density at radius 1 is 1.04 bits per heavy atom. The average molecular weight is 392 g/mol. The van der Waals surface area contributed by atoms with Crippen LogP contribution >= 0.6 is 0 Å². The Kier molecular flexibility index (Phi) is 4.58. The monoisotopic (exact) mass is 392 g/mol. The molecule has 2 aromatic rings. The van der Waals surface area contributed by atoms with Crippen LogP contribution in [0.15, 0.2) is 30.3 Å². The third kappa shape index (κ3) is 3.23. The zero-order valence-electron chi connectivity index (χ0n) is 14.5. The first kappa shape index (κ1) is 18.1. The van der Waals surface area contributed by atoms with E-state index in [0.717, 1.165) is 12.1 Å². The van der Waals surface area contributed by atoms with E-state index >= 15 is 0 Å². The van der Waals surface area contributed by atoms with Gasteiger partial charge in [-0.05, 0) is 24.3 Å². The number of anilines is 2. The predicted molar refractivity (Wildman–Crippen MR) is 92.8 cm³/mol. The highest BCUT2D eigenvalue weighted by Gasteiger charge is 2.36. The first-order valence-electron chi connectivity index (χ1n) is 8.58. The molecule has 2 aromatic carbocycles. The third-order valence-electron chi connectivity index (χ3n) is 4.63. The van der Waals surface area contributed by atoms with E-state index in [4.69, 9.17) is 9.47 Å². The van der Waals surface area contributed by atoms with E-state index in [9.17, 15) is 22.8 Å². The van der Waals surface area contributed by atoms with Crippen LogP contribution in [0.4, 0.5) is 24.5 Å². The normalized spacial score (nSPS) is 18.3. The third-order valence-corrected chi connectivity index (χ3v) is 4.63. The molecule has 1 saturated heterocycles. The molecule has 2 aliphatic heterocycles. The number of fused-ring (bicyclic) bond motifs is 1. The molecular weight excluding hydrogens is 377 g/mol. The summed E-state index contributed by atoms with van der Waals surface area (Å²) in [4.78, 5) is 26.2. The minimum Gasteiger partial charge on any atom is -0.486 e. The lowest BCUT2D eigenvalue weighted by molar-refractivity contribution is -0.122. The van der Waals surface area contributed by atoms with Crippen molar-refractivity contribution in [2.45, 2.75) is 6.42 Å². The molecule has 6 nitrogen and oxygen atoms in total. The van der Waals surface area contributed by atoms with Gasteiger partial charge in [0.25, 0.3) is 0 Å². The molecule has 2 heterocycles. The van der Waals surface area contributed by atoms with Gasteiger partial charge in [-0.15, -0.1) is 0 Å². The highest BCUT2D eigenvalue weighted by Crippen LogP contribution is 2.36. The van der Waals surface area contributed by atoms with Crippen molar-refractivity contribution in [2.24, 2.45) is 5.92 Å². The first-order valence-corrected chi connectivity index (χ1v) is 8.58. The zero-order valence-corrected chi connectivity index (χ0v) is 14.5. The summed E-state index contributed by atoms with van der Waals surface area (Å²) in [5, 5.41) is 2.22. The van der Waals surface area contributed by atoms with Crippen molar-refractivity contribution < 1.29 is 32.2 Å². The molecule has 0 saturated carbocycles. The van der Waals surface area contributed by atoms with Crippen molar-refractivity contribution in [3.8, 4) is 11.5 Å². The smallest absolute Gasteiger partial charge is 0.229 e. The highest BCUT2D eigenvalue weighted by atomic mass is 19.2. The van der Waals surface area contributed by atoms with Crippen LogP contribution in [0.25, 0.3) is 0 Å². The van der Waals surface area contributed by atoms with Gasteiger partial charge in [0, 0.05) is 24.7 Å². The molecular formula is C19H15F3N2O4. The largest absolute Gasteiger partial charge is 0.486 e. The van der Waals surface area contributed by atoms with Crippen molar-refractivity contribution in [1.29, 1.82) is 0 Å². The Labute approximate surface area is 157 Å². The molecule has 0 aliphatic carbocycles. The van der Waals surface area contributed by atoms with E-state index in [1.54, 1.807) is 18.2 Å². The summed E-state index contributed by atoms with van der Waals surface area (Å²) < 4.78 is 51.0. The minimum atomic E-state index is -1.67. The SMILES string of the molecule is O=C(Nc1ccc(F)c(F)c1F)[C@H]1CC(=O)N(c2ccc3c(c2)OCCO3)C1. The second kappa shape index (κ2) is 7.06. The summed E-state index contributed by atoms with van der Waals surface area (Å²) in [5.74, 6) is -5.14. The Balaban J connectivity index is 1.49. The molecule has 0 radical (unpaired) electrons. The van der Waals surface area contributed by atoms with Crippen molar-refractivity contribution in [3.05, 3.63) is 47.8 Å². The highest BCUT2D eigenvalue weighted by molar-refractivity contribution is 6.03. The molecule has 1 fully saturated rings. The maximum absolute atomic E-state index is 13.8. The lowest BCUT2D eigenvalue weighted by Crippen LogP contribution is -2.28. The zero-order chi connectivity index (χ0) is 19.8. The summed E-state index contributed by atoms with van der Waals surface area (Å²) in [5.41, 5.74) is 0.0673. The number of ether oxygens (including phenoxy) is 2. The van der Waals surface area contributed by atoms with Gasteiger partial charge in [0.15, 0.2) is 29.0 Å². The molecule has 0 aromatic heterocycles. The fraction of sp³-hybridized carbons (Fsp3) is 0.263. The summed E-state index contributed by atoms with van der Waals surface area (Å²) in [6.45, 7) is 0.905. The molecule has 0 spiro atoms. The Hall–Kier alpha value is -3.23. The molecule has 4 rings (SSSR count). The fourth-order valence-corrected chi connectivity index (χ4v) is 3.19. The van der Waals surface area contributed by atoms with Crippen LogP contribution in [-0.2, 0) is 9.59 Å². The molecule has 1 atom stereocenters. The molecule has 0 unspecified atom stereocenters. The molecule has 146 valence electrons. The van der Waals surface area contributed by atoms with Crippen molar-refractivity contribution in [1.82, 2.24) is 0 Å². The molecule has 2 aliphatic rings. The summed E-state index contributed by atoms with van der Waals surface area (Å²) in [7, 11) is 0. The van der Waals surface area contributed by atoms with E-state index < -0.39 is 35.0 Å². The molecule has 0 bridgehead atoms. The first-order chi connectivity index (χ1) is 13.4. The number of carbonyl (C=O) groups is 2. The molecule has 2 amide bonds. The minimum absolute atomic E-state index is 0.0651. The summed E-state index contributed by atoms with van der Waals surface area (Å²) in [6, 6.07) is 6.67. The predicted octanol–water partition coefficient (Wildman–Crippen LogP) is 2.87. The maximum atomic E-state index is 13.8. The van der Waals surface area contributed by atoms with Gasteiger partial charge in [-0.25, -0.2) is 13.2 Å². The number of rotatable bonds is 3. The maximum Gasteiger partial charge on any atom is 0.229 e. The second-order valence-corrected chi connectivity index (χ2v) is 6.45. The van der Waals surface area contributed by atoms with E-state index in [1.807, 2.05) is 0 Å². The van der Waals surface area contributed by atoms with Gasteiger partial charge < -0.3 is 19.7 Å². The average Bonchev–Trinajstić information content (AvgIpc) is 3.10. The Bertz CT molecular complexity index is 966. The summed E-state index contributed by atoms with van der Waals surface area (Å²) in [6.07, 6.45) is -0.0917. The number of hydrogen-bond acceptors (Lipinski definition) is 4. The van der Waals surface area contributed by atoms with Crippen LogP contribution in [0.3, 0.4) is 0 Å². The van der Waals surface area contributed by atoms with Crippen LogP contribution in [0.5, 0.6) is 11.5 Å². The van der Waals surface area contributed by atoms with E-state index in [1.165, 1.54) is 4.90 Å². The van der Waals surface area contributed by atoms with E-state index in [0.29, 0.717) is 30.4 Å². The molecule has 1 N–H and O–H groups in total. The number of hydrogen-bond donors (Lipinski definition) is 1. The second-order valence-electron chi connectivity index (χ2n) is 6.45. The van der Waals surface area contributed by atoms with Gasteiger partial charge in [-0.3, -0.25) is 9.59 Å². The number of nitrogens with zero attached hydrogens (tertiary/aromatic N) is 1. The number of halogens is 3. The molecule has 28 heavy (non-hydrogen) atoms. The van der Waals surface area contributed by atoms with Crippen molar-refractivity contribution in [3.63, 3.8) is 0 Å². The van der Waals surface area contributed by atoms with Crippen molar-refractivity contribution >= 4 is 23.2 Å². The Morgan fingerprint density at radius 2 is 1.79 bits per heavy atom. The fourth-order valence-electron chi connectivity index (χ4n) is 3.19. The lowest BCUT2D eigenvalue weighted by Gasteiger charge is -2.22. The lowest BCUT2D eigenvalue weighted by atomic mass is 10.1. The quantitative estimate of drug-likeness (QED) is 0.816. The van der Waals surface area contributed by atoms with Crippen LogP contribution in [0.2, 0.25) is 0 Å². The van der Waals surface area contributed by atoms with Crippen LogP contribution < -0.4 is 19.7 Å². The van der Waals surface area contributed by atoms with Gasteiger partial charge in [0.2, 0.25) is 11.8 Å². The number of amides is 2. The standard InChI is InChI=1S/C19H15F3N2O4/c20-12-2-3-13(18(22)17(12)21)23-19(26)10-7-16(25)24(9-10)11-1-4-14-15(8-11)28-6-5-27-14/h1-4,8,10H,5-7,9H2,(H,23,26)/t10-/m0/s1. The Morgan fingerprint density at radius 3 is 2.57 bits per heavy atom. The van der Waals surface area contributed by atoms with Crippen molar-refractivity contribution in [2.75, 3.05) is 30.0 Å². The van der Waals surface area contributed by atoms with Gasteiger partial charge in [-0.2, -0.15) is 0 Å². The van der Waals surface area contributed by atoms with Crippen LogP contribution in [0.1, 0.15) is 6.42 Å². The topological polar surface area (TPSA) is 67.9 Å². The van der Waals surface area contributed by atoms with Gasteiger partial charge in [0.05, 0.1) is 11.6 Å². The van der Waals surface area contributed by atoms with E-state index in [2.05, 4.69) is 5.32 Å². The number of benzene rings is 2. The van der Waals surface area contributed by atoms with Gasteiger partial charge in [0.1, 0.15) is 13.2 Å². The number of carbonyl (C=O) groups excluding carboxylic acids is 2. The van der Waals surface area contributed by atoms with Gasteiger partial charge in [-0.1, -0.05) is 0 Å². The van der Waals surface area contributed by atoms with Crippen LogP contribution in [-0.4, -0.2) is 31.6 Å². The number of nitrogens with one attached hydrogen (secondary N) is 1. The molecule has 9 heteroatoms. The van der Waals surface area contributed by atoms with E-state index in [-0.39, 0.29) is 18.9 Å². The van der Waals surface area contributed by atoms with Crippen LogP contribution in [0, 0.1) is 23.4 Å². The van der Waals surface area contributed by atoms with Gasteiger partial charge >= 0.3 is 0 Å².